The van der Waals surface area contributed by atoms with Crippen molar-refractivity contribution in [3.8, 4) is 11.5 Å². The third-order valence-corrected chi connectivity index (χ3v) is 4.86. The Morgan fingerprint density at radius 1 is 1.21 bits per heavy atom. The highest BCUT2D eigenvalue weighted by molar-refractivity contribution is 5.74. The molecule has 7 heteroatoms. The highest BCUT2D eigenvalue weighted by Gasteiger charge is 2.33. The summed E-state index contributed by atoms with van der Waals surface area (Å²) in [5.74, 6) is 0.326. The molecule has 4 rings (SSSR count). The van der Waals surface area contributed by atoms with E-state index in [4.69, 9.17) is 9.47 Å². The zero-order chi connectivity index (χ0) is 19.5. The van der Waals surface area contributed by atoms with Crippen LogP contribution in [0.4, 0.5) is 0 Å². The van der Waals surface area contributed by atoms with E-state index in [1.54, 1.807) is 13.4 Å². The lowest BCUT2D eigenvalue weighted by molar-refractivity contribution is -0.139. The maximum Gasteiger partial charge on any atom is 0.321 e. The predicted molar refractivity (Wildman–Crippen MR) is 102 cm³/mol. The van der Waals surface area contributed by atoms with Gasteiger partial charge in [0.2, 0.25) is 0 Å². The van der Waals surface area contributed by atoms with Gasteiger partial charge in [0.25, 0.3) is 0 Å². The smallest absolute Gasteiger partial charge is 0.321 e. The number of hydrogen-bond donors (Lipinski definition) is 3. The van der Waals surface area contributed by atoms with E-state index in [9.17, 15) is 9.90 Å². The van der Waals surface area contributed by atoms with E-state index in [-0.39, 0.29) is 6.04 Å². The summed E-state index contributed by atoms with van der Waals surface area (Å²) in [6, 6.07) is 14.4. The fourth-order valence-electron chi connectivity index (χ4n) is 3.42. The molecule has 1 aliphatic rings. The Morgan fingerprint density at radius 3 is 2.79 bits per heavy atom. The molecule has 1 aromatic heterocycles. The van der Waals surface area contributed by atoms with Crippen molar-refractivity contribution in [3.63, 3.8) is 0 Å². The van der Waals surface area contributed by atoms with Gasteiger partial charge in [-0.05, 0) is 23.3 Å². The van der Waals surface area contributed by atoms with Gasteiger partial charge >= 0.3 is 5.97 Å². The first kappa shape index (κ1) is 18.1. The third-order valence-electron chi connectivity index (χ3n) is 4.86. The molecule has 7 nitrogen and oxygen atoms in total. The van der Waals surface area contributed by atoms with Gasteiger partial charge in [0.05, 0.1) is 25.2 Å². The van der Waals surface area contributed by atoms with Crippen LogP contribution >= 0.6 is 0 Å². The van der Waals surface area contributed by atoms with Gasteiger partial charge in [0.1, 0.15) is 12.6 Å². The van der Waals surface area contributed by atoms with Crippen molar-refractivity contribution in [2.45, 2.75) is 25.1 Å². The number of carboxylic acid groups (broad SMARTS) is 1. The lowest BCUT2D eigenvalue weighted by Gasteiger charge is -2.28. The van der Waals surface area contributed by atoms with E-state index in [2.05, 4.69) is 15.3 Å². The number of rotatable bonds is 6. The SMILES string of the molecule is COc1ccc([C@@H]2N[C@@H](C(=O)O)Cc3[nH]cnc32)cc1OCc1ccccc1. The van der Waals surface area contributed by atoms with Crippen LogP contribution in [-0.2, 0) is 17.8 Å². The van der Waals surface area contributed by atoms with Gasteiger partial charge in [-0.3, -0.25) is 10.1 Å². The molecule has 1 aliphatic heterocycles. The monoisotopic (exact) mass is 379 g/mol. The average molecular weight is 379 g/mol. The molecule has 0 unspecified atom stereocenters. The second-order valence-corrected chi connectivity index (χ2v) is 6.65. The number of carbonyl (C=O) groups is 1. The number of methoxy groups -OCH3 is 1. The molecule has 2 heterocycles. The lowest BCUT2D eigenvalue weighted by atomic mass is 9.94. The minimum Gasteiger partial charge on any atom is -0.493 e. The quantitative estimate of drug-likeness (QED) is 0.609. The number of aliphatic carboxylic acids is 1. The number of H-pyrrole nitrogens is 1. The zero-order valence-corrected chi connectivity index (χ0v) is 15.4. The largest absolute Gasteiger partial charge is 0.493 e. The van der Waals surface area contributed by atoms with Crippen molar-refractivity contribution >= 4 is 5.97 Å². The number of nitrogens with zero attached hydrogens (tertiary/aromatic N) is 1. The number of hydrogen-bond acceptors (Lipinski definition) is 5. The summed E-state index contributed by atoms with van der Waals surface area (Å²) >= 11 is 0. The topological polar surface area (TPSA) is 96.5 Å². The molecular weight excluding hydrogens is 358 g/mol. The summed E-state index contributed by atoms with van der Waals surface area (Å²) in [6.45, 7) is 0.407. The number of aromatic nitrogens is 2. The van der Waals surface area contributed by atoms with Gasteiger partial charge in [0.15, 0.2) is 11.5 Å². The zero-order valence-electron chi connectivity index (χ0n) is 15.4. The van der Waals surface area contributed by atoms with Crippen molar-refractivity contribution in [2.24, 2.45) is 0 Å². The minimum absolute atomic E-state index is 0.346. The second kappa shape index (κ2) is 7.74. The van der Waals surface area contributed by atoms with Crippen LogP contribution in [0, 0.1) is 0 Å². The van der Waals surface area contributed by atoms with Crippen LogP contribution in [0.25, 0.3) is 0 Å². The van der Waals surface area contributed by atoms with Crippen LogP contribution in [0.2, 0.25) is 0 Å². The molecule has 0 fully saturated rings. The molecule has 2 aromatic carbocycles. The first-order valence-electron chi connectivity index (χ1n) is 9.01. The van der Waals surface area contributed by atoms with Crippen molar-refractivity contribution in [1.29, 1.82) is 0 Å². The van der Waals surface area contributed by atoms with Gasteiger partial charge in [-0.2, -0.15) is 0 Å². The van der Waals surface area contributed by atoms with Crippen molar-refractivity contribution in [2.75, 3.05) is 7.11 Å². The summed E-state index contributed by atoms with van der Waals surface area (Å²) in [4.78, 5) is 19.0. The molecule has 3 aromatic rings. The molecule has 0 saturated heterocycles. The fraction of sp³-hybridized carbons (Fsp3) is 0.238. The molecule has 3 N–H and O–H groups in total. The summed E-state index contributed by atoms with van der Waals surface area (Å²) < 4.78 is 11.4. The molecule has 144 valence electrons. The molecule has 0 aliphatic carbocycles. The first-order valence-corrected chi connectivity index (χ1v) is 9.01. The van der Waals surface area contributed by atoms with E-state index in [1.807, 2.05) is 48.5 Å². The van der Waals surface area contributed by atoms with Gasteiger partial charge in [-0.15, -0.1) is 0 Å². The standard InChI is InChI=1S/C21H21N3O4/c1-27-17-8-7-14(9-18(17)28-11-13-5-3-2-4-6-13)19-20-15(22-12-23-20)10-16(24-19)21(25)26/h2-9,12,16,19,24H,10-11H2,1H3,(H,22,23)(H,25,26)/t16-,19+/m1/s1. The summed E-state index contributed by atoms with van der Waals surface area (Å²) in [7, 11) is 1.59. The van der Waals surface area contributed by atoms with E-state index >= 15 is 0 Å². The van der Waals surface area contributed by atoms with Gasteiger partial charge in [-0.1, -0.05) is 36.4 Å². The maximum atomic E-state index is 11.5. The molecule has 2 atom stereocenters. The number of imidazole rings is 1. The third kappa shape index (κ3) is 3.57. The molecule has 0 bridgehead atoms. The van der Waals surface area contributed by atoms with Gasteiger partial charge in [0, 0.05) is 12.1 Å². The van der Waals surface area contributed by atoms with Crippen LogP contribution in [0.3, 0.4) is 0 Å². The number of fused-ring (bicyclic) bond motifs is 1. The van der Waals surface area contributed by atoms with Crippen LogP contribution < -0.4 is 14.8 Å². The summed E-state index contributed by atoms with van der Waals surface area (Å²) in [5.41, 5.74) is 3.55. The Morgan fingerprint density at radius 2 is 2.04 bits per heavy atom. The first-order chi connectivity index (χ1) is 13.7. The molecular formula is C21H21N3O4. The van der Waals surface area contributed by atoms with Crippen LogP contribution in [0.1, 0.15) is 28.6 Å². The number of ether oxygens (including phenoxy) is 2. The predicted octanol–water partition coefficient (Wildman–Crippen LogP) is 2.69. The Hall–Kier alpha value is -3.32. The minimum atomic E-state index is -0.890. The Balaban J connectivity index is 1.64. The molecule has 0 spiro atoms. The summed E-state index contributed by atoms with van der Waals surface area (Å²) in [6.07, 6.45) is 1.97. The number of carboxylic acids is 1. The van der Waals surface area contributed by atoms with E-state index in [0.717, 1.165) is 22.5 Å². The number of aromatic amines is 1. The highest BCUT2D eigenvalue weighted by Crippen LogP contribution is 2.35. The number of benzene rings is 2. The molecule has 0 saturated carbocycles. The van der Waals surface area contributed by atoms with Crippen LogP contribution in [0.5, 0.6) is 11.5 Å². The van der Waals surface area contributed by atoms with E-state index < -0.39 is 12.0 Å². The Bertz CT molecular complexity index is 971. The van der Waals surface area contributed by atoms with Crippen LogP contribution in [-0.4, -0.2) is 34.2 Å². The highest BCUT2D eigenvalue weighted by atomic mass is 16.5. The van der Waals surface area contributed by atoms with Crippen LogP contribution in [0.15, 0.2) is 54.9 Å². The maximum absolute atomic E-state index is 11.5. The normalized spacial score (nSPS) is 18.3. The van der Waals surface area contributed by atoms with Crippen molar-refractivity contribution in [3.05, 3.63) is 77.4 Å². The Kier molecular flexibility index (Phi) is 4.99. The van der Waals surface area contributed by atoms with Gasteiger partial charge < -0.3 is 19.6 Å². The molecule has 28 heavy (non-hydrogen) atoms. The number of nitrogens with one attached hydrogen (secondary N) is 2. The van der Waals surface area contributed by atoms with Crippen molar-refractivity contribution in [1.82, 2.24) is 15.3 Å². The van der Waals surface area contributed by atoms with E-state index in [0.29, 0.717) is 24.5 Å². The van der Waals surface area contributed by atoms with E-state index in [1.165, 1.54) is 0 Å². The fourth-order valence-corrected chi connectivity index (χ4v) is 3.42. The average Bonchev–Trinajstić information content (AvgIpc) is 3.21. The van der Waals surface area contributed by atoms with Gasteiger partial charge in [-0.25, -0.2) is 4.98 Å². The lowest BCUT2D eigenvalue weighted by Crippen LogP contribution is -2.45. The molecule has 0 amide bonds. The second-order valence-electron chi connectivity index (χ2n) is 6.65. The molecule has 0 radical (unpaired) electrons. The Labute approximate surface area is 162 Å². The summed E-state index contributed by atoms with van der Waals surface area (Å²) in [5, 5.41) is 12.6. The van der Waals surface area contributed by atoms with Crippen molar-refractivity contribution < 1.29 is 19.4 Å².